The zero-order valence-corrected chi connectivity index (χ0v) is 11.1. The first-order valence-electron chi connectivity index (χ1n) is 6.38. The van der Waals surface area contributed by atoms with Crippen LogP contribution in [0.4, 0.5) is 0 Å². The van der Waals surface area contributed by atoms with Crippen LogP contribution in [0.5, 0.6) is 5.75 Å². The Morgan fingerprint density at radius 2 is 1.86 bits per heavy atom. The minimum Gasteiger partial charge on any atom is -0.489 e. The van der Waals surface area contributed by atoms with E-state index >= 15 is 0 Å². The summed E-state index contributed by atoms with van der Waals surface area (Å²) in [6, 6.07) is 12.1. The summed E-state index contributed by atoms with van der Waals surface area (Å²) in [5.41, 5.74) is 2.61. The van der Waals surface area contributed by atoms with Gasteiger partial charge in [-0.25, -0.2) is 4.79 Å². The summed E-state index contributed by atoms with van der Waals surface area (Å²) < 4.78 is 5.67. The number of rotatable bonds is 4. The maximum absolute atomic E-state index is 10.9. The van der Waals surface area contributed by atoms with Crippen LogP contribution in [0, 0.1) is 0 Å². The second-order valence-electron chi connectivity index (χ2n) is 4.50. The molecule has 0 spiro atoms. The van der Waals surface area contributed by atoms with Crippen LogP contribution in [-0.4, -0.2) is 21.0 Å². The van der Waals surface area contributed by atoms with E-state index in [1.807, 2.05) is 24.3 Å². The van der Waals surface area contributed by atoms with Gasteiger partial charge in [-0.05, 0) is 29.8 Å². The smallest absolute Gasteiger partial charge is 0.335 e. The molecule has 5 heteroatoms. The molecule has 0 atom stereocenters. The van der Waals surface area contributed by atoms with Crippen LogP contribution in [0.3, 0.4) is 0 Å². The zero-order valence-electron chi connectivity index (χ0n) is 11.1. The number of hydrogen-bond donors (Lipinski definition) is 1. The Kier molecular flexibility index (Phi) is 3.47. The lowest BCUT2D eigenvalue weighted by atomic mass is 10.1. The average molecular weight is 280 g/mol. The van der Waals surface area contributed by atoms with E-state index in [0.717, 1.165) is 16.6 Å². The predicted octanol–water partition coefficient (Wildman–Crippen LogP) is 2.91. The van der Waals surface area contributed by atoms with Crippen molar-refractivity contribution in [2.45, 2.75) is 6.61 Å². The van der Waals surface area contributed by atoms with Gasteiger partial charge in [-0.15, -0.1) is 0 Å². The molecule has 5 nitrogen and oxygen atoms in total. The largest absolute Gasteiger partial charge is 0.489 e. The van der Waals surface area contributed by atoms with Crippen LogP contribution in [0.1, 0.15) is 15.9 Å². The lowest BCUT2D eigenvalue weighted by molar-refractivity contribution is 0.0696. The Balaban J connectivity index is 1.77. The molecule has 1 aromatic heterocycles. The first kappa shape index (κ1) is 13.1. The van der Waals surface area contributed by atoms with Gasteiger partial charge >= 0.3 is 5.97 Å². The van der Waals surface area contributed by atoms with Crippen molar-refractivity contribution in [2.75, 3.05) is 0 Å². The predicted molar refractivity (Wildman–Crippen MR) is 77.3 cm³/mol. The van der Waals surface area contributed by atoms with Gasteiger partial charge in [-0.1, -0.05) is 12.1 Å². The number of aromatic nitrogens is 2. The van der Waals surface area contributed by atoms with E-state index in [4.69, 9.17) is 9.84 Å². The molecule has 2 aromatic carbocycles. The highest BCUT2D eigenvalue weighted by Gasteiger charge is 2.04. The maximum atomic E-state index is 10.9. The second-order valence-corrected chi connectivity index (χ2v) is 4.50. The van der Waals surface area contributed by atoms with Crippen molar-refractivity contribution in [3.63, 3.8) is 0 Å². The van der Waals surface area contributed by atoms with E-state index in [0.29, 0.717) is 12.4 Å². The van der Waals surface area contributed by atoms with Gasteiger partial charge < -0.3 is 9.84 Å². The van der Waals surface area contributed by atoms with Crippen LogP contribution in [0.25, 0.3) is 11.0 Å². The molecule has 0 radical (unpaired) electrons. The number of hydrogen-bond acceptors (Lipinski definition) is 4. The van der Waals surface area contributed by atoms with Gasteiger partial charge in [0.05, 0.1) is 16.6 Å². The third-order valence-corrected chi connectivity index (χ3v) is 3.02. The molecule has 0 fully saturated rings. The van der Waals surface area contributed by atoms with Crippen LogP contribution in [0.2, 0.25) is 0 Å². The molecule has 0 amide bonds. The molecule has 0 aliphatic rings. The first-order chi connectivity index (χ1) is 10.2. The van der Waals surface area contributed by atoms with Crippen molar-refractivity contribution in [1.82, 2.24) is 9.97 Å². The lowest BCUT2D eigenvalue weighted by Gasteiger charge is -2.07. The Hall–Kier alpha value is -2.95. The van der Waals surface area contributed by atoms with Gasteiger partial charge in [-0.2, -0.15) is 0 Å². The lowest BCUT2D eigenvalue weighted by Crippen LogP contribution is -2.00. The van der Waals surface area contributed by atoms with E-state index < -0.39 is 5.97 Å². The van der Waals surface area contributed by atoms with E-state index in [9.17, 15) is 4.79 Å². The molecule has 104 valence electrons. The number of nitrogens with zero attached hydrogens (tertiary/aromatic N) is 2. The summed E-state index contributed by atoms with van der Waals surface area (Å²) in [6.07, 6.45) is 3.27. The fourth-order valence-corrected chi connectivity index (χ4v) is 1.99. The van der Waals surface area contributed by atoms with Gasteiger partial charge in [0.2, 0.25) is 0 Å². The van der Waals surface area contributed by atoms with Gasteiger partial charge in [0, 0.05) is 18.5 Å². The Morgan fingerprint density at radius 1 is 1.05 bits per heavy atom. The van der Waals surface area contributed by atoms with Gasteiger partial charge in [-0.3, -0.25) is 9.97 Å². The fourth-order valence-electron chi connectivity index (χ4n) is 1.99. The van der Waals surface area contributed by atoms with Crippen LogP contribution < -0.4 is 4.74 Å². The average Bonchev–Trinajstić information content (AvgIpc) is 2.53. The van der Waals surface area contributed by atoms with E-state index in [2.05, 4.69) is 9.97 Å². The molecule has 1 N–H and O–H groups in total. The molecular formula is C16H12N2O3. The Morgan fingerprint density at radius 3 is 2.67 bits per heavy atom. The summed E-state index contributed by atoms with van der Waals surface area (Å²) in [5.74, 6) is -0.276. The van der Waals surface area contributed by atoms with Crippen LogP contribution >= 0.6 is 0 Å². The van der Waals surface area contributed by atoms with Crippen molar-refractivity contribution in [3.8, 4) is 5.75 Å². The monoisotopic (exact) mass is 280 g/mol. The molecule has 1 heterocycles. The Bertz CT molecular complexity index is 802. The molecule has 0 saturated heterocycles. The summed E-state index contributed by atoms with van der Waals surface area (Å²) in [4.78, 5) is 19.3. The zero-order chi connectivity index (χ0) is 14.7. The molecule has 0 aliphatic heterocycles. The van der Waals surface area contributed by atoms with Gasteiger partial charge in [0.15, 0.2) is 0 Å². The molecule has 0 saturated carbocycles. The number of benzene rings is 2. The normalized spacial score (nSPS) is 10.5. The summed E-state index contributed by atoms with van der Waals surface area (Å²) >= 11 is 0. The minimum atomic E-state index is -0.946. The first-order valence-corrected chi connectivity index (χ1v) is 6.38. The number of carboxylic acid groups (broad SMARTS) is 1. The molecule has 0 bridgehead atoms. The summed E-state index contributed by atoms with van der Waals surface area (Å²) in [6.45, 7) is 0.299. The molecule has 0 unspecified atom stereocenters. The van der Waals surface area contributed by atoms with Crippen molar-refractivity contribution in [3.05, 3.63) is 66.0 Å². The highest BCUT2D eigenvalue weighted by atomic mass is 16.5. The van der Waals surface area contributed by atoms with E-state index in [1.54, 1.807) is 30.6 Å². The van der Waals surface area contributed by atoms with Crippen LogP contribution in [-0.2, 0) is 6.61 Å². The quantitative estimate of drug-likeness (QED) is 0.795. The van der Waals surface area contributed by atoms with Gasteiger partial charge in [0.25, 0.3) is 0 Å². The van der Waals surface area contributed by atoms with Crippen molar-refractivity contribution < 1.29 is 14.6 Å². The van der Waals surface area contributed by atoms with E-state index in [-0.39, 0.29) is 5.56 Å². The third-order valence-electron chi connectivity index (χ3n) is 3.02. The van der Waals surface area contributed by atoms with Crippen molar-refractivity contribution >= 4 is 17.0 Å². The van der Waals surface area contributed by atoms with E-state index in [1.165, 1.54) is 0 Å². The highest BCUT2D eigenvalue weighted by molar-refractivity contribution is 5.87. The number of carboxylic acids is 1. The van der Waals surface area contributed by atoms with Crippen LogP contribution in [0.15, 0.2) is 54.9 Å². The maximum Gasteiger partial charge on any atom is 0.335 e. The SMILES string of the molecule is O=C(O)c1cccc(COc2ccc3nccnc3c2)c1. The summed E-state index contributed by atoms with van der Waals surface area (Å²) in [7, 11) is 0. The number of aromatic carboxylic acids is 1. The van der Waals surface area contributed by atoms with Crippen molar-refractivity contribution in [1.29, 1.82) is 0 Å². The molecule has 21 heavy (non-hydrogen) atoms. The van der Waals surface area contributed by atoms with Gasteiger partial charge in [0.1, 0.15) is 12.4 Å². The molecular weight excluding hydrogens is 268 g/mol. The van der Waals surface area contributed by atoms with Crippen molar-refractivity contribution in [2.24, 2.45) is 0 Å². The standard InChI is InChI=1S/C16H12N2O3/c19-16(20)12-3-1-2-11(8-12)10-21-13-4-5-14-15(9-13)18-7-6-17-14/h1-9H,10H2,(H,19,20). The highest BCUT2D eigenvalue weighted by Crippen LogP contribution is 2.18. The number of ether oxygens (including phenoxy) is 1. The molecule has 3 rings (SSSR count). The topological polar surface area (TPSA) is 72.3 Å². The summed E-state index contributed by atoms with van der Waals surface area (Å²) in [5, 5.41) is 8.96. The minimum absolute atomic E-state index is 0.250. The fraction of sp³-hybridized carbons (Fsp3) is 0.0625. The third kappa shape index (κ3) is 2.97. The Labute approximate surface area is 120 Å². The number of carbonyl (C=O) groups is 1. The molecule has 0 aliphatic carbocycles. The molecule has 3 aromatic rings. The number of fused-ring (bicyclic) bond motifs is 1. The second kappa shape index (κ2) is 5.58.